The lowest BCUT2D eigenvalue weighted by atomic mass is 9.99. The van der Waals surface area contributed by atoms with Gasteiger partial charge in [-0.05, 0) is 43.1 Å². The zero-order valence-electron chi connectivity index (χ0n) is 20.3. The predicted octanol–water partition coefficient (Wildman–Crippen LogP) is 1.26. The molecule has 2 aliphatic heterocycles. The first-order chi connectivity index (χ1) is 16.4. The molecule has 4 rings (SSSR count). The van der Waals surface area contributed by atoms with E-state index in [1.54, 1.807) is 7.11 Å². The number of rotatable bonds is 6. The first-order valence-electron chi connectivity index (χ1n) is 11.4. The quantitative estimate of drug-likeness (QED) is 0.597. The van der Waals surface area contributed by atoms with Gasteiger partial charge in [0.25, 0.3) is 12.9 Å². The minimum absolute atomic E-state index is 0.250. The number of methoxy groups -OCH3 is 1. The van der Waals surface area contributed by atoms with Crippen LogP contribution in [0.15, 0.2) is 36.7 Å². The zero-order valence-corrected chi connectivity index (χ0v) is 20.3. The summed E-state index contributed by atoms with van der Waals surface area (Å²) in [5, 5.41) is 18.2. The minimum Gasteiger partial charge on any atom is -0.497 e. The van der Waals surface area contributed by atoms with Gasteiger partial charge in [-0.2, -0.15) is 5.10 Å². The van der Waals surface area contributed by atoms with Gasteiger partial charge in [-0.1, -0.05) is 12.1 Å². The van der Waals surface area contributed by atoms with Crippen LogP contribution in [-0.4, -0.2) is 107 Å². The third kappa shape index (κ3) is 8.12. The number of aryl methyl sites for hydroxylation is 1. The van der Waals surface area contributed by atoms with Crippen LogP contribution >= 0.6 is 0 Å². The minimum atomic E-state index is -0.250. The van der Waals surface area contributed by atoms with Crippen LogP contribution in [0.1, 0.15) is 17.5 Å². The van der Waals surface area contributed by atoms with Crippen molar-refractivity contribution in [2.24, 2.45) is 7.05 Å². The topological polar surface area (TPSA) is 111 Å². The molecule has 10 heteroatoms. The van der Waals surface area contributed by atoms with Crippen LogP contribution < -0.4 is 4.74 Å². The summed E-state index contributed by atoms with van der Waals surface area (Å²) in [6.45, 7) is 6.33. The van der Waals surface area contributed by atoms with Crippen molar-refractivity contribution in [2.45, 2.75) is 31.5 Å². The van der Waals surface area contributed by atoms with Gasteiger partial charge in [-0.25, -0.2) is 0 Å². The summed E-state index contributed by atoms with van der Waals surface area (Å²) < 4.78 is 7.35. The molecule has 0 aliphatic carbocycles. The number of nitrogens with zero attached hydrogens (tertiary/aromatic N) is 5. The Bertz CT molecular complexity index is 863. The Morgan fingerprint density at radius 2 is 1.74 bits per heavy atom. The molecule has 1 aromatic carbocycles. The van der Waals surface area contributed by atoms with Crippen LogP contribution in [0.3, 0.4) is 0 Å². The van der Waals surface area contributed by atoms with Gasteiger partial charge in [-0.3, -0.25) is 24.1 Å². The third-order valence-electron chi connectivity index (χ3n) is 6.36. The summed E-state index contributed by atoms with van der Waals surface area (Å²) in [6.07, 6.45) is 6.51. The number of piperazine rings is 1. The van der Waals surface area contributed by atoms with Gasteiger partial charge in [0.05, 0.1) is 13.3 Å². The maximum absolute atomic E-state index is 8.36. The molecule has 34 heavy (non-hydrogen) atoms. The number of hydrogen-bond donors (Lipinski definition) is 2. The second kappa shape index (κ2) is 14.3. The lowest BCUT2D eigenvalue weighted by molar-refractivity contribution is -0.123. The van der Waals surface area contributed by atoms with Crippen LogP contribution in [0.2, 0.25) is 0 Å². The van der Waals surface area contributed by atoms with Crippen molar-refractivity contribution in [3.05, 3.63) is 47.8 Å². The Hall–Kier alpha value is -2.95. The Kier molecular flexibility index (Phi) is 11.5. The van der Waals surface area contributed by atoms with Crippen LogP contribution in [0, 0.1) is 0 Å². The van der Waals surface area contributed by atoms with Crippen molar-refractivity contribution in [1.29, 1.82) is 0 Å². The molecule has 2 aromatic rings. The van der Waals surface area contributed by atoms with Crippen LogP contribution in [0.25, 0.3) is 0 Å². The fraction of sp³-hybridized carbons (Fsp3) is 0.542. The molecule has 0 amide bonds. The van der Waals surface area contributed by atoms with Gasteiger partial charge in [0, 0.05) is 64.6 Å². The molecule has 188 valence electrons. The highest BCUT2D eigenvalue weighted by Gasteiger charge is 2.38. The van der Waals surface area contributed by atoms with E-state index in [9.17, 15) is 0 Å². The number of carbonyl (C=O) groups is 2. The second-order valence-electron chi connectivity index (χ2n) is 8.52. The van der Waals surface area contributed by atoms with Gasteiger partial charge >= 0.3 is 0 Å². The number of hydrogen-bond acceptors (Lipinski definition) is 7. The van der Waals surface area contributed by atoms with Crippen LogP contribution in [0.5, 0.6) is 5.75 Å². The molecular formula is C24H37N5O5. The second-order valence-corrected chi connectivity index (χ2v) is 8.52. The summed E-state index contributed by atoms with van der Waals surface area (Å²) in [4.78, 5) is 24.6. The predicted molar refractivity (Wildman–Crippen MR) is 129 cm³/mol. The molecule has 0 radical (unpaired) electrons. The van der Waals surface area contributed by atoms with Crippen LogP contribution in [0.4, 0.5) is 0 Å². The van der Waals surface area contributed by atoms with E-state index >= 15 is 0 Å². The lowest BCUT2D eigenvalue weighted by Gasteiger charge is -2.40. The highest BCUT2D eigenvalue weighted by molar-refractivity contribution is 5.33. The van der Waals surface area contributed by atoms with E-state index in [2.05, 4.69) is 51.2 Å². The van der Waals surface area contributed by atoms with E-state index in [0.29, 0.717) is 12.1 Å². The van der Waals surface area contributed by atoms with Crippen molar-refractivity contribution < 1.29 is 24.5 Å². The third-order valence-corrected chi connectivity index (χ3v) is 6.36. The molecule has 0 spiro atoms. The van der Waals surface area contributed by atoms with Gasteiger partial charge in [0.15, 0.2) is 0 Å². The fourth-order valence-electron chi connectivity index (χ4n) is 4.76. The summed E-state index contributed by atoms with van der Waals surface area (Å²) >= 11 is 0. The molecule has 2 fully saturated rings. The maximum Gasteiger partial charge on any atom is 0.290 e. The number of ether oxygens (including phenoxy) is 1. The summed E-state index contributed by atoms with van der Waals surface area (Å²) in [5.41, 5.74) is 2.67. The molecule has 0 unspecified atom stereocenters. The summed E-state index contributed by atoms with van der Waals surface area (Å²) in [5.74, 6) is 0.941. The smallest absolute Gasteiger partial charge is 0.290 e. The summed E-state index contributed by atoms with van der Waals surface area (Å²) in [7, 11) is 5.97. The standard InChI is InChI=1S/C22H33N5O.2CH2O2/c1-24-9-11-26(12-10-24)21-7-8-27(17-18-5-4-6-20(13-18)28-3)22(21)14-19-15-23-25(2)16-19;2*2-1-3/h4-6,13,15-16,21-22H,7-12,14,17H2,1-3H3;2*1H,(H,2,3)/t21-,22+;;/m1../s1. The average Bonchev–Trinajstić information content (AvgIpc) is 3.42. The van der Waals surface area contributed by atoms with E-state index in [1.165, 1.54) is 43.7 Å². The molecule has 0 saturated carbocycles. The molecule has 0 bridgehead atoms. The van der Waals surface area contributed by atoms with Crippen LogP contribution in [-0.2, 0) is 29.6 Å². The molecule has 2 saturated heterocycles. The number of aromatic nitrogens is 2. The van der Waals surface area contributed by atoms with Crippen molar-refractivity contribution in [3.63, 3.8) is 0 Å². The van der Waals surface area contributed by atoms with Gasteiger partial charge in [0.1, 0.15) is 5.75 Å². The molecule has 3 heterocycles. The number of carboxylic acid groups (broad SMARTS) is 2. The Morgan fingerprint density at radius 1 is 1.06 bits per heavy atom. The van der Waals surface area contributed by atoms with Gasteiger partial charge < -0.3 is 19.8 Å². The molecule has 1 aromatic heterocycles. The molecule has 10 nitrogen and oxygen atoms in total. The molecule has 2 N–H and O–H groups in total. The largest absolute Gasteiger partial charge is 0.497 e. The Morgan fingerprint density at radius 3 is 2.32 bits per heavy atom. The molecule has 2 aliphatic rings. The number of likely N-dealkylation sites (N-methyl/N-ethyl adjacent to an activating group) is 1. The monoisotopic (exact) mass is 475 g/mol. The average molecular weight is 476 g/mol. The molecular weight excluding hydrogens is 438 g/mol. The molecule has 2 atom stereocenters. The first kappa shape index (κ1) is 27.3. The highest BCUT2D eigenvalue weighted by atomic mass is 16.5. The van der Waals surface area contributed by atoms with E-state index in [1.807, 2.05) is 24.0 Å². The summed E-state index contributed by atoms with van der Waals surface area (Å²) in [6, 6.07) is 9.65. The lowest BCUT2D eigenvalue weighted by Crippen LogP contribution is -2.53. The maximum atomic E-state index is 8.36. The van der Waals surface area contributed by atoms with E-state index in [0.717, 1.165) is 25.3 Å². The van der Waals surface area contributed by atoms with Crippen molar-refractivity contribution in [2.75, 3.05) is 46.9 Å². The van der Waals surface area contributed by atoms with E-state index in [-0.39, 0.29) is 12.9 Å². The number of likely N-dealkylation sites (tertiary alicyclic amines) is 1. The van der Waals surface area contributed by atoms with E-state index in [4.69, 9.17) is 24.5 Å². The Balaban J connectivity index is 0.000000618. The van der Waals surface area contributed by atoms with Gasteiger partial charge in [-0.15, -0.1) is 0 Å². The van der Waals surface area contributed by atoms with Crippen molar-refractivity contribution >= 4 is 12.9 Å². The van der Waals surface area contributed by atoms with Crippen molar-refractivity contribution in [1.82, 2.24) is 24.5 Å². The zero-order chi connectivity index (χ0) is 24.9. The normalized spacial score (nSPS) is 21.0. The number of benzene rings is 1. The van der Waals surface area contributed by atoms with E-state index < -0.39 is 0 Å². The van der Waals surface area contributed by atoms with Crippen molar-refractivity contribution in [3.8, 4) is 5.75 Å². The Labute approximate surface area is 201 Å². The SMILES string of the molecule is COc1cccc(CN2CC[C@@H](N3CCN(C)CC3)[C@@H]2Cc2cnn(C)c2)c1.O=CO.O=CO. The van der Waals surface area contributed by atoms with Gasteiger partial charge in [0.2, 0.25) is 0 Å². The first-order valence-corrected chi connectivity index (χ1v) is 11.4. The fourth-order valence-corrected chi connectivity index (χ4v) is 4.76. The highest BCUT2D eigenvalue weighted by Crippen LogP contribution is 2.29.